The van der Waals surface area contributed by atoms with Crippen molar-refractivity contribution in [3.8, 4) is 0 Å². The molecule has 1 rings (SSSR count). The van der Waals surface area contributed by atoms with Crippen LogP contribution in [0.4, 0.5) is 0 Å². The first kappa shape index (κ1) is 19.3. The van der Waals surface area contributed by atoms with Crippen LogP contribution in [0, 0.1) is 0 Å². The summed E-state index contributed by atoms with van der Waals surface area (Å²) >= 11 is 0. The molecule has 1 heterocycles. The van der Waals surface area contributed by atoms with Crippen molar-refractivity contribution in [1.29, 1.82) is 0 Å². The summed E-state index contributed by atoms with van der Waals surface area (Å²) in [5.74, 6) is -1.40. The van der Waals surface area contributed by atoms with E-state index in [1.807, 2.05) is 0 Å². The maximum atomic E-state index is 11.4. The number of nitrogens with one attached hydrogen (secondary N) is 1. The average molecular weight is 333 g/mol. The van der Waals surface area contributed by atoms with Gasteiger partial charge in [-0.25, -0.2) is 0 Å². The number of amides is 1. The molecular weight excluding hydrogens is 310 g/mol. The minimum absolute atomic E-state index is 0.0990. The van der Waals surface area contributed by atoms with Crippen molar-refractivity contribution in [1.82, 2.24) is 5.32 Å². The Hall–Kier alpha value is -1.71. The van der Waals surface area contributed by atoms with Gasteiger partial charge >= 0.3 is 11.9 Å². The van der Waals surface area contributed by atoms with E-state index < -0.39 is 42.6 Å². The van der Waals surface area contributed by atoms with E-state index in [-0.39, 0.29) is 12.5 Å². The maximum Gasteiger partial charge on any atom is 0.305 e. The van der Waals surface area contributed by atoms with Crippen LogP contribution in [0.1, 0.15) is 20.8 Å². The molecule has 0 aromatic rings. The normalized spacial score (nSPS) is 30.4. The van der Waals surface area contributed by atoms with Gasteiger partial charge in [0.25, 0.3) is 0 Å². The quantitative estimate of drug-likeness (QED) is 0.640. The predicted octanol–water partition coefficient (Wildman–Crippen LogP) is -0.628. The van der Waals surface area contributed by atoms with Gasteiger partial charge < -0.3 is 29.0 Å². The Morgan fingerprint density at radius 3 is 2.04 bits per heavy atom. The summed E-state index contributed by atoms with van der Waals surface area (Å²) in [6, 6.07) is -0.764. The molecule has 0 radical (unpaired) electrons. The smallest absolute Gasteiger partial charge is 0.305 e. The Kier molecular flexibility index (Phi) is 7.40. The van der Waals surface area contributed by atoms with Gasteiger partial charge in [-0.1, -0.05) is 0 Å². The second-order valence-electron chi connectivity index (χ2n) is 5.08. The summed E-state index contributed by atoms with van der Waals surface area (Å²) in [5, 5.41) is 2.63. The number of carbonyl (C=O) groups excluding carboxylic acids is 3. The van der Waals surface area contributed by atoms with E-state index in [9.17, 15) is 14.4 Å². The number of hydrogen-bond donors (Lipinski definition) is 1. The van der Waals surface area contributed by atoms with Crippen LogP contribution < -0.4 is 5.32 Å². The lowest BCUT2D eigenvalue weighted by atomic mass is 9.96. The largest absolute Gasteiger partial charge is 0.463 e. The fourth-order valence-electron chi connectivity index (χ4n) is 2.45. The highest BCUT2D eigenvalue weighted by atomic mass is 16.7. The van der Waals surface area contributed by atoms with E-state index in [1.54, 1.807) is 0 Å². The molecule has 1 saturated heterocycles. The number of hydrogen-bond acceptors (Lipinski definition) is 8. The number of rotatable bonds is 6. The lowest BCUT2D eigenvalue weighted by molar-refractivity contribution is -0.271. The first-order valence-electron chi connectivity index (χ1n) is 7.08. The molecule has 9 nitrogen and oxygen atoms in total. The zero-order valence-electron chi connectivity index (χ0n) is 13.9. The molecule has 0 bridgehead atoms. The van der Waals surface area contributed by atoms with Crippen LogP contribution in [0.3, 0.4) is 0 Å². The molecule has 1 fully saturated rings. The van der Waals surface area contributed by atoms with Crippen LogP contribution >= 0.6 is 0 Å². The topological polar surface area (TPSA) is 109 Å². The SMILES string of the molecule is COC1C(COC(C)=O)OC(OC(C)=O)C(NC(C)=O)C1OC. The molecule has 0 aromatic heterocycles. The molecule has 9 heteroatoms. The van der Waals surface area contributed by atoms with E-state index >= 15 is 0 Å². The Labute approximate surface area is 134 Å². The van der Waals surface area contributed by atoms with Crippen molar-refractivity contribution in [2.75, 3.05) is 20.8 Å². The standard InChI is InChI=1S/C14H23NO8/c1-7(16)15-11-13(20-5)12(19-4)10(6-21-8(2)17)23-14(11)22-9(3)18/h10-14H,6H2,1-5H3,(H,15,16). The molecule has 0 saturated carbocycles. The summed E-state index contributed by atoms with van der Waals surface area (Å²) in [7, 11) is 2.88. The second kappa shape index (κ2) is 8.80. The van der Waals surface area contributed by atoms with Crippen LogP contribution in [0.2, 0.25) is 0 Å². The van der Waals surface area contributed by atoms with Gasteiger partial charge in [0.05, 0.1) is 0 Å². The van der Waals surface area contributed by atoms with Gasteiger partial charge in [-0.05, 0) is 0 Å². The van der Waals surface area contributed by atoms with Gasteiger partial charge in [-0.2, -0.15) is 0 Å². The van der Waals surface area contributed by atoms with Crippen molar-refractivity contribution < 1.29 is 38.1 Å². The minimum Gasteiger partial charge on any atom is -0.463 e. The van der Waals surface area contributed by atoms with E-state index in [4.69, 9.17) is 23.7 Å². The minimum atomic E-state index is -1.09. The average Bonchev–Trinajstić information content (AvgIpc) is 2.45. The third-order valence-electron chi connectivity index (χ3n) is 3.29. The molecule has 5 unspecified atom stereocenters. The lowest BCUT2D eigenvalue weighted by Crippen LogP contribution is -2.65. The van der Waals surface area contributed by atoms with Crippen molar-refractivity contribution in [2.45, 2.75) is 51.4 Å². The third-order valence-corrected chi connectivity index (χ3v) is 3.29. The molecule has 1 aliphatic heterocycles. The lowest BCUT2D eigenvalue weighted by Gasteiger charge is -2.44. The highest BCUT2D eigenvalue weighted by Crippen LogP contribution is 2.26. The van der Waals surface area contributed by atoms with E-state index in [0.29, 0.717) is 0 Å². The van der Waals surface area contributed by atoms with E-state index in [2.05, 4.69) is 5.32 Å². The van der Waals surface area contributed by atoms with Gasteiger partial charge in [0, 0.05) is 35.0 Å². The van der Waals surface area contributed by atoms with Crippen LogP contribution in [0.5, 0.6) is 0 Å². The highest BCUT2D eigenvalue weighted by molar-refractivity contribution is 5.73. The Balaban J connectivity index is 3.02. The van der Waals surface area contributed by atoms with Gasteiger partial charge in [-0.3, -0.25) is 14.4 Å². The number of esters is 2. The van der Waals surface area contributed by atoms with Gasteiger partial charge in [-0.15, -0.1) is 0 Å². The van der Waals surface area contributed by atoms with Gasteiger partial charge in [0.1, 0.15) is 31.0 Å². The molecule has 0 aliphatic carbocycles. The predicted molar refractivity (Wildman–Crippen MR) is 76.3 cm³/mol. The third kappa shape index (κ3) is 5.45. The highest BCUT2D eigenvalue weighted by Gasteiger charge is 2.49. The zero-order valence-corrected chi connectivity index (χ0v) is 13.9. The molecular formula is C14H23NO8. The Morgan fingerprint density at radius 2 is 1.61 bits per heavy atom. The molecule has 0 spiro atoms. The van der Waals surface area contributed by atoms with E-state index in [0.717, 1.165) is 0 Å². The molecule has 23 heavy (non-hydrogen) atoms. The monoisotopic (exact) mass is 333 g/mol. The van der Waals surface area contributed by atoms with Crippen molar-refractivity contribution in [2.24, 2.45) is 0 Å². The first-order valence-corrected chi connectivity index (χ1v) is 7.08. The van der Waals surface area contributed by atoms with Crippen molar-refractivity contribution >= 4 is 17.8 Å². The fourth-order valence-corrected chi connectivity index (χ4v) is 2.45. The second-order valence-corrected chi connectivity index (χ2v) is 5.08. The number of methoxy groups -OCH3 is 2. The molecule has 132 valence electrons. The summed E-state index contributed by atoms with van der Waals surface area (Å²) in [4.78, 5) is 33.7. The van der Waals surface area contributed by atoms with Gasteiger partial charge in [0.15, 0.2) is 0 Å². The summed E-state index contributed by atoms with van der Waals surface area (Å²) < 4.78 is 26.5. The molecule has 1 N–H and O–H groups in total. The summed E-state index contributed by atoms with van der Waals surface area (Å²) in [6.45, 7) is 3.71. The first-order chi connectivity index (χ1) is 10.8. The molecule has 1 amide bonds. The summed E-state index contributed by atoms with van der Waals surface area (Å²) in [6.07, 6.45) is -3.11. The fraction of sp³-hybridized carbons (Fsp3) is 0.786. The number of ether oxygens (including phenoxy) is 5. The molecule has 1 aliphatic rings. The summed E-state index contributed by atoms with van der Waals surface area (Å²) in [5.41, 5.74) is 0. The number of carbonyl (C=O) groups is 3. The Bertz CT molecular complexity index is 440. The molecule has 5 atom stereocenters. The zero-order chi connectivity index (χ0) is 17.6. The maximum absolute atomic E-state index is 11.4. The van der Waals surface area contributed by atoms with Crippen LogP contribution in [-0.2, 0) is 38.1 Å². The van der Waals surface area contributed by atoms with E-state index in [1.165, 1.54) is 35.0 Å². The van der Waals surface area contributed by atoms with Crippen LogP contribution in [0.25, 0.3) is 0 Å². The van der Waals surface area contributed by atoms with Crippen LogP contribution in [0.15, 0.2) is 0 Å². The van der Waals surface area contributed by atoms with Crippen molar-refractivity contribution in [3.63, 3.8) is 0 Å². The molecule has 0 aromatic carbocycles. The van der Waals surface area contributed by atoms with Crippen LogP contribution in [-0.4, -0.2) is 69.3 Å². The Morgan fingerprint density at radius 1 is 1.00 bits per heavy atom. The van der Waals surface area contributed by atoms with Gasteiger partial charge in [0.2, 0.25) is 12.2 Å². The van der Waals surface area contributed by atoms with Crippen molar-refractivity contribution in [3.05, 3.63) is 0 Å².